The van der Waals surface area contributed by atoms with Crippen LogP contribution in [-0.2, 0) is 0 Å². The molecule has 0 bridgehead atoms. The summed E-state index contributed by atoms with van der Waals surface area (Å²) in [4.78, 5) is 25.5. The second-order valence-corrected chi connectivity index (χ2v) is 30.9. The fraction of sp³-hybridized carbons (Fsp3) is 0. The van der Waals surface area contributed by atoms with Crippen molar-refractivity contribution in [3.8, 4) is 45.0 Å². The van der Waals surface area contributed by atoms with E-state index in [-0.39, 0.29) is 0 Å². The molecule has 0 N–H and O–H groups in total. The first-order valence-corrected chi connectivity index (χ1v) is 40.5. The second-order valence-electron chi connectivity index (χ2n) is 30.9. The predicted molar refractivity (Wildman–Crippen MR) is 496 cm³/mol. The van der Waals surface area contributed by atoms with Crippen molar-refractivity contribution in [3.63, 3.8) is 0 Å². The SMILES string of the molecule is c1ccc(-c2cc(-c3ccccc3)cc(-n3c4ccc5ccccc5c4c4cnc5c(ncc6c7ccccc7n(-c7ccccc7)c65)c43)c2)cc1.c1ccc(-n2c3ccccc3c3cnc4c(ccc5c6ccc7ccccc7c6oc54)c32)cc1.c1ccc(-n2c3ccccc3c3cnc4c(ncc5c6ccc7ccccc7c6oc54)c32)cc1. The molecule has 0 radical (unpaired) electrons. The molecule has 0 aliphatic heterocycles. The molecule has 0 saturated carbocycles. The van der Waals surface area contributed by atoms with Gasteiger partial charge in [0.1, 0.15) is 38.7 Å². The lowest BCUT2D eigenvalue weighted by molar-refractivity contribution is 0.675. The van der Waals surface area contributed by atoms with Gasteiger partial charge in [0, 0.05) is 135 Å². The topological polar surface area (TPSA) is 110 Å². The number of hydrogen-bond donors (Lipinski definition) is 0. The molecule has 11 heterocycles. The largest absolute Gasteiger partial charge is 0.453 e. The molecule has 11 nitrogen and oxygen atoms in total. The normalized spacial score (nSPS) is 12.0. The van der Waals surface area contributed by atoms with Crippen LogP contribution in [-0.4, -0.2) is 43.2 Å². The molecule has 558 valence electrons. The molecule has 0 atom stereocenters. The van der Waals surface area contributed by atoms with E-state index < -0.39 is 0 Å². The van der Waals surface area contributed by atoms with E-state index in [0.717, 1.165) is 198 Å². The molecule has 27 aromatic rings. The molecule has 0 amide bonds. The Balaban J connectivity index is 0.000000103. The van der Waals surface area contributed by atoms with Gasteiger partial charge in [-0.2, -0.15) is 0 Å². The van der Waals surface area contributed by atoms with Gasteiger partial charge in [0.2, 0.25) is 0 Å². The molecule has 16 aromatic carbocycles. The minimum atomic E-state index is 0.781. The monoisotopic (exact) mass is 1530 g/mol. The summed E-state index contributed by atoms with van der Waals surface area (Å²) in [5, 5.41) is 21.4. The maximum absolute atomic E-state index is 6.58. The number of nitrogens with zero attached hydrogens (tertiary/aromatic N) is 9. The van der Waals surface area contributed by atoms with E-state index in [4.69, 9.17) is 33.8 Å². The molecule has 120 heavy (non-hydrogen) atoms. The van der Waals surface area contributed by atoms with Gasteiger partial charge in [0.15, 0.2) is 11.2 Å². The first kappa shape index (κ1) is 67.0. The molecule has 0 aliphatic rings. The maximum Gasteiger partial charge on any atom is 0.164 e. The van der Waals surface area contributed by atoms with E-state index in [1.165, 1.54) is 43.6 Å². The van der Waals surface area contributed by atoms with Gasteiger partial charge in [-0.05, 0) is 147 Å². The molecule has 0 unspecified atom stereocenters. The number of pyridine rings is 5. The van der Waals surface area contributed by atoms with Crippen LogP contribution >= 0.6 is 0 Å². The van der Waals surface area contributed by atoms with Crippen LogP contribution in [0.25, 0.3) is 241 Å². The molecule has 0 aliphatic carbocycles. The van der Waals surface area contributed by atoms with Crippen molar-refractivity contribution in [2.45, 2.75) is 0 Å². The number of rotatable bonds is 6. The fourth-order valence-corrected chi connectivity index (χ4v) is 19.1. The number of aromatic nitrogens is 9. The Morgan fingerprint density at radius 1 is 0.175 bits per heavy atom. The van der Waals surface area contributed by atoms with Crippen LogP contribution in [0.15, 0.2) is 404 Å². The molecule has 27 rings (SSSR count). The van der Waals surface area contributed by atoms with E-state index in [2.05, 4.69) is 383 Å². The van der Waals surface area contributed by atoms with Gasteiger partial charge < -0.3 is 27.1 Å². The van der Waals surface area contributed by atoms with Crippen molar-refractivity contribution in [2.24, 2.45) is 0 Å². The van der Waals surface area contributed by atoms with Gasteiger partial charge in [-0.25, -0.2) is 4.98 Å². The molecule has 0 spiro atoms. The number of benzene rings is 16. The van der Waals surface area contributed by atoms with Crippen LogP contribution < -0.4 is 0 Å². The van der Waals surface area contributed by atoms with E-state index >= 15 is 0 Å². The highest BCUT2D eigenvalue weighted by molar-refractivity contribution is 6.30. The van der Waals surface area contributed by atoms with Crippen LogP contribution in [0, 0.1) is 0 Å². The summed E-state index contributed by atoms with van der Waals surface area (Å²) in [5.41, 5.74) is 25.6. The highest BCUT2D eigenvalue weighted by Crippen LogP contribution is 2.47. The van der Waals surface area contributed by atoms with Gasteiger partial charge in [-0.1, -0.05) is 261 Å². The van der Waals surface area contributed by atoms with Crippen LogP contribution in [0.3, 0.4) is 0 Å². The lowest BCUT2D eigenvalue weighted by atomic mass is 9.98. The standard InChI is InChI=1S/C48H30N4.C31H18N2O.C30H17N3O/c1-4-14-31(15-5-1)34-26-35(32-16-6-2-7-17-32)28-37(27-34)52-43-25-24-33-18-10-11-21-38(33)44(43)41-30-50-45-46(48(41)52)49-29-40-39-22-12-13-23-42(39)51(47(40)45)36-19-8-3-9-20-36;1-2-9-20(10-3-1)33-27-13-7-6-12-22(27)26-18-32-28-25(29(26)33)17-16-24-23-15-14-19-8-4-5-11-21(19)30(23)34-31(24)28;1-2-9-19(10-3-1)33-25-13-7-6-12-21(25)23-16-32-27-26(28(23)33)31-17-24-22-15-14-18-8-4-5-11-20(18)29(22)34-30(24)27/h1-30H;1-18H;1-17H. The van der Waals surface area contributed by atoms with E-state index in [0.29, 0.717) is 0 Å². The van der Waals surface area contributed by atoms with Crippen molar-refractivity contribution in [1.29, 1.82) is 0 Å². The molecular weight excluding hydrogens is 1470 g/mol. The van der Waals surface area contributed by atoms with Gasteiger partial charge in [0.05, 0.1) is 44.1 Å². The zero-order valence-electron chi connectivity index (χ0n) is 64.4. The van der Waals surface area contributed by atoms with Gasteiger partial charge in [-0.3, -0.25) is 19.9 Å². The summed E-state index contributed by atoms with van der Waals surface area (Å²) in [5.74, 6) is 0. The Bertz CT molecular complexity index is 8550. The van der Waals surface area contributed by atoms with Crippen LogP contribution in [0.2, 0.25) is 0 Å². The first-order chi connectivity index (χ1) is 59.6. The first-order valence-electron chi connectivity index (χ1n) is 40.5. The van der Waals surface area contributed by atoms with Crippen molar-refractivity contribution in [2.75, 3.05) is 0 Å². The minimum absolute atomic E-state index is 0.781. The Hall–Kier alpha value is -16.4. The van der Waals surface area contributed by atoms with E-state index in [1.54, 1.807) is 0 Å². The van der Waals surface area contributed by atoms with E-state index in [9.17, 15) is 0 Å². The summed E-state index contributed by atoms with van der Waals surface area (Å²) in [7, 11) is 0. The Labute approximate surface area is 684 Å². The third kappa shape index (κ3) is 10.1. The molecule has 0 saturated heterocycles. The van der Waals surface area contributed by atoms with Gasteiger partial charge in [0.25, 0.3) is 0 Å². The Morgan fingerprint density at radius 2 is 0.500 bits per heavy atom. The molecule has 11 heteroatoms. The number of para-hydroxylation sites is 6. The lowest BCUT2D eigenvalue weighted by Crippen LogP contribution is -1.99. The quantitative estimate of drug-likeness (QED) is 0.163. The van der Waals surface area contributed by atoms with Crippen molar-refractivity contribution in [3.05, 3.63) is 395 Å². The van der Waals surface area contributed by atoms with E-state index in [1.807, 2.05) is 30.7 Å². The summed E-state index contributed by atoms with van der Waals surface area (Å²) in [6.07, 6.45) is 10.0. The average molecular weight is 1530 g/mol. The lowest BCUT2D eigenvalue weighted by Gasteiger charge is -2.15. The highest BCUT2D eigenvalue weighted by atomic mass is 16.3. The van der Waals surface area contributed by atoms with Crippen LogP contribution in [0.1, 0.15) is 0 Å². The minimum Gasteiger partial charge on any atom is -0.453 e. The van der Waals surface area contributed by atoms with Gasteiger partial charge >= 0.3 is 0 Å². The summed E-state index contributed by atoms with van der Waals surface area (Å²) >= 11 is 0. The Kier molecular flexibility index (Phi) is 14.9. The average Bonchev–Trinajstić information content (AvgIpc) is 1.55. The third-order valence-electron chi connectivity index (χ3n) is 24.4. The van der Waals surface area contributed by atoms with Crippen LogP contribution in [0.5, 0.6) is 0 Å². The number of furan rings is 2. The molecular formula is C109H65N9O2. The van der Waals surface area contributed by atoms with Crippen molar-refractivity contribution >= 4 is 196 Å². The number of hydrogen-bond acceptors (Lipinski definition) is 7. The fourth-order valence-electron chi connectivity index (χ4n) is 19.1. The summed E-state index contributed by atoms with van der Waals surface area (Å²) in [6.45, 7) is 0. The predicted octanol–water partition coefficient (Wildman–Crippen LogP) is 28.5. The van der Waals surface area contributed by atoms with Crippen LogP contribution in [0.4, 0.5) is 0 Å². The second kappa shape index (κ2) is 26.6. The van der Waals surface area contributed by atoms with Crippen molar-refractivity contribution < 1.29 is 8.83 Å². The summed E-state index contributed by atoms with van der Waals surface area (Å²) < 4.78 is 22.5. The maximum atomic E-state index is 6.58. The van der Waals surface area contributed by atoms with Gasteiger partial charge in [-0.15, -0.1) is 0 Å². The third-order valence-corrected chi connectivity index (χ3v) is 24.4. The van der Waals surface area contributed by atoms with Crippen molar-refractivity contribution in [1.82, 2.24) is 43.2 Å². The summed E-state index contributed by atoms with van der Waals surface area (Å²) in [6, 6.07) is 128. The Morgan fingerprint density at radius 3 is 1.01 bits per heavy atom. The number of fused-ring (bicyclic) bond motifs is 33. The molecule has 0 fully saturated rings. The zero-order chi connectivity index (χ0) is 78.6. The molecule has 11 aromatic heterocycles. The highest BCUT2D eigenvalue weighted by Gasteiger charge is 2.27. The smallest absolute Gasteiger partial charge is 0.164 e. The zero-order valence-corrected chi connectivity index (χ0v) is 64.4.